The van der Waals surface area contributed by atoms with Crippen molar-refractivity contribution in [3.63, 3.8) is 0 Å². The zero-order valence-electron chi connectivity index (χ0n) is 13.6. The Balaban J connectivity index is 2.10. The van der Waals surface area contributed by atoms with E-state index in [0.717, 1.165) is 11.6 Å². The number of amides is 1. The maximum Gasteiger partial charge on any atom is 0.326 e. The molecule has 4 N–H and O–H groups in total. The van der Waals surface area contributed by atoms with Gasteiger partial charge in [0.05, 0.1) is 6.42 Å². The first-order chi connectivity index (χ1) is 12.3. The Hall–Kier alpha value is -3.55. The number of carbonyl (C=O) groups is 3. The molecule has 0 spiro atoms. The van der Waals surface area contributed by atoms with Gasteiger partial charge in [-0.15, -0.1) is 0 Å². The fourth-order valence-electron chi connectivity index (χ4n) is 2.15. The zero-order valence-corrected chi connectivity index (χ0v) is 13.6. The maximum atomic E-state index is 12.2. The lowest BCUT2D eigenvalue weighted by atomic mass is 10.1. The molecule has 0 unspecified atom stereocenters. The Labute approximate surface area is 148 Å². The standard InChI is InChI=1S/C18H17NO7/c20-13-6-12(17(23)19-15(18(24)25)9-16(21)22)7-14(8-13)26-10-11-4-2-1-3-5-11/h1-8,15,20H,9-10H2,(H,19,23)(H,21,22)(H,24,25)/t15-/m0/s1. The molecule has 0 bridgehead atoms. The van der Waals surface area contributed by atoms with Crippen molar-refractivity contribution in [1.29, 1.82) is 0 Å². The van der Waals surface area contributed by atoms with Crippen molar-refractivity contribution in [2.75, 3.05) is 0 Å². The van der Waals surface area contributed by atoms with Gasteiger partial charge >= 0.3 is 11.9 Å². The summed E-state index contributed by atoms with van der Waals surface area (Å²) in [5, 5.41) is 29.6. The Bertz CT molecular complexity index is 804. The van der Waals surface area contributed by atoms with E-state index >= 15 is 0 Å². The van der Waals surface area contributed by atoms with E-state index in [1.807, 2.05) is 30.3 Å². The Morgan fingerprint density at radius 2 is 1.73 bits per heavy atom. The van der Waals surface area contributed by atoms with E-state index in [1.165, 1.54) is 12.1 Å². The van der Waals surface area contributed by atoms with Crippen LogP contribution in [0, 0.1) is 0 Å². The third-order valence-corrected chi connectivity index (χ3v) is 3.38. The lowest BCUT2D eigenvalue weighted by Crippen LogP contribution is -2.42. The van der Waals surface area contributed by atoms with E-state index in [4.69, 9.17) is 14.9 Å². The first-order valence-corrected chi connectivity index (χ1v) is 7.61. The van der Waals surface area contributed by atoms with Crippen molar-refractivity contribution in [2.24, 2.45) is 0 Å². The molecule has 0 heterocycles. The number of aromatic hydroxyl groups is 1. The highest BCUT2D eigenvalue weighted by atomic mass is 16.5. The summed E-state index contributed by atoms with van der Waals surface area (Å²) in [7, 11) is 0. The van der Waals surface area contributed by atoms with Gasteiger partial charge in [0.1, 0.15) is 24.1 Å². The highest BCUT2D eigenvalue weighted by Gasteiger charge is 2.24. The fourth-order valence-corrected chi connectivity index (χ4v) is 2.15. The minimum Gasteiger partial charge on any atom is -0.508 e. The number of carbonyl (C=O) groups excluding carboxylic acids is 1. The Morgan fingerprint density at radius 3 is 2.35 bits per heavy atom. The van der Waals surface area contributed by atoms with E-state index in [2.05, 4.69) is 5.32 Å². The number of nitrogens with one attached hydrogen (secondary N) is 1. The SMILES string of the molecule is O=C(O)C[C@H](NC(=O)c1cc(O)cc(OCc2ccccc2)c1)C(=O)O. The molecule has 8 nitrogen and oxygen atoms in total. The summed E-state index contributed by atoms with van der Waals surface area (Å²) in [6.07, 6.45) is -0.767. The molecule has 0 aliphatic heterocycles. The van der Waals surface area contributed by atoms with Gasteiger partial charge in [0.15, 0.2) is 0 Å². The second kappa shape index (κ2) is 8.52. The highest BCUT2D eigenvalue weighted by molar-refractivity contribution is 5.98. The number of ether oxygens (including phenoxy) is 1. The first kappa shape index (κ1) is 18.8. The summed E-state index contributed by atoms with van der Waals surface area (Å²) in [5.74, 6) is -3.70. The predicted octanol–water partition coefficient (Wildman–Crippen LogP) is 1.63. The molecule has 136 valence electrons. The molecular weight excluding hydrogens is 342 g/mol. The summed E-state index contributed by atoms with van der Waals surface area (Å²) in [6, 6.07) is 11.4. The summed E-state index contributed by atoms with van der Waals surface area (Å²) < 4.78 is 5.53. The Kier molecular flexibility index (Phi) is 6.15. The molecule has 0 saturated heterocycles. The molecule has 0 aromatic heterocycles. The van der Waals surface area contributed by atoms with E-state index in [9.17, 15) is 19.5 Å². The van der Waals surface area contributed by atoms with Crippen molar-refractivity contribution >= 4 is 17.8 Å². The van der Waals surface area contributed by atoms with Crippen molar-refractivity contribution < 1.29 is 34.4 Å². The van der Waals surface area contributed by atoms with Gasteiger partial charge < -0.3 is 25.4 Å². The van der Waals surface area contributed by atoms with Crippen LogP contribution in [-0.4, -0.2) is 39.2 Å². The van der Waals surface area contributed by atoms with Crippen LogP contribution in [0.4, 0.5) is 0 Å². The van der Waals surface area contributed by atoms with Crippen molar-refractivity contribution in [1.82, 2.24) is 5.32 Å². The summed E-state index contributed by atoms with van der Waals surface area (Å²) in [4.78, 5) is 33.9. The normalized spacial score (nSPS) is 11.4. The quantitative estimate of drug-likeness (QED) is 0.563. The molecule has 2 aromatic carbocycles. The number of carboxylic acid groups (broad SMARTS) is 2. The van der Waals surface area contributed by atoms with Crippen LogP contribution in [-0.2, 0) is 16.2 Å². The van der Waals surface area contributed by atoms with E-state index in [1.54, 1.807) is 0 Å². The average Bonchev–Trinajstić information content (AvgIpc) is 2.59. The van der Waals surface area contributed by atoms with E-state index in [0.29, 0.717) is 0 Å². The Morgan fingerprint density at radius 1 is 1.04 bits per heavy atom. The number of phenolic OH excluding ortho intramolecular Hbond substituents is 1. The molecule has 26 heavy (non-hydrogen) atoms. The van der Waals surface area contributed by atoms with Crippen LogP contribution in [0.3, 0.4) is 0 Å². The molecule has 0 saturated carbocycles. The molecule has 2 aromatic rings. The average molecular weight is 359 g/mol. The van der Waals surface area contributed by atoms with Crippen LogP contribution in [0.1, 0.15) is 22.3 Å². The topological polar surface area (TPSA) is 133 Å². The molecule has 1 amide bonds. The van der Waals surface area contributed by atoms with Gasteiger partial charge in [-0.05, 0) is 17.7 Å². The predicted molar refractivity (Wildman–Crippen MR) is 90.0 cm³/mol. The van der Waals surface area contributed by atoms with Gasteiger partial charge in [-0.2, -0.15) is 0 Å². The van der Waals surface area contributed by atoms with Crippen LogP contribution in [0.5, 0.6) is 11.5 Å². The van der Waals surface area contributed by atoms with Crippen LogP contribution in [0.15, 0.2) is 48.5 Å². The highest BCUT2D eigenvalue weighted by Crippen LogP contribution is 2.23. The first-order valence-electron chi connectivity index (χ1n) is 7.61. The number of carboxylic acids is 2. The van der Waals surface area contributed by atoms with Gasteiger partial charge in [-0.25, -0.2) is 4.79 Å². The maximum absolute atomic E-state index is 12.2. The number of phenols is 1. The van der Waals surface area contributed by atoms with Crippen LogP contribution >= 0.6 is 0 Å². The van der Waals surface area contributed by atoms with Crippen LogP contribution in [0.25, 0.3) is 0 Å². The van der Waals surface area contributed by atoms with Crippen molar-refractivity contribution in [3.05, 3.63) is 59.7 Å². The van der Waals surface area contributed by atoms with E-state index in [-0.39, 0.29) is 23.7 Å². The lowest BCUT2D eigenvalue weighted by molar-refractivity contribution is -0.145. The number of benzene rings is 2. The number of hydrogen-bond acceptors (Lipinski definition) is 5. The van der Waals surface area contributed by atoms with Crippen molar-refractivity contribution in [3.8, 4) is 11.5 Å². The molecule has 1 atom stereocenters. The third kappa shape index (κ3) is 5.52. The molecule has 2 rings (SSSR count). The molecule has 0 aliphatic rings. The number of aliphatic carboxylic acids is 2. The second-order valence-electron chi connectivity index (χ2n) is 5.45. The monoisotopic (exact) mass is 359 g/mol. The van der Waals surface area contributed by atoms with Crippen LogP contribution in [0.2, 0.25) is 0 Å². The molecule has 0 aliphatic carbocycles. The minimum atomic E-state index is -1.59. The van der Waals surface area contributed by atoms with Crippen LogP contribution < -0.4 is 10.1 Å². The minimum absolute atomic E-state index is 0.0512. The molecule has 0 radical (unpaired) electrons. The molecular formula is C18H17NO7. The van der Waals surface area contributed by atoms with Gasteiger partial charge in [0, 0.05) is 11.6 Å². The number of hydrogen-bond donors (Lipinski definition) is 4. The van der Waals surface area contributed by atoms with Gasteiger partial charge in [0.2, 0.25) is 0 Å². The van der Waals surface area contributed by atoms with Gasteiger partial charge in [0.25, 0.3) is 5.91 Å². The van der Waals surface area contributed by atoms with Gasteiger partial charge in [-0.3, -0.25) is 9.59 Å². The third-order valence-electron chi connectivity index (χ3n) is 3.38. The summed E-state index contributed by atoms with van der Waals surface area (Å²) in [6.45, 7) is 0.210. The smallest absolute Gasteiger partial charge is 0.326 e. The zero-order chi connectivity index (χ0) is 19.1. The van der Waals surface area contributed by atoms with Gasteiger partial charge in [-0.1, -0.05) is 30.3 Å². The fraction of sp³-hybridized carbons (Fsp3) is 0.167. The molecule has 8 heteroatoms. The lowest BCUT2D eigenvalue weighted by Gasteiger charge is -2.13. The van der Waals surface area contributed by atoms with Crippen molar-refractivity contribution in [2.45, 2.75) is 19.1 Å². The summed E-state index contributed by atoms with van der Waals surface area (Å²) in [5.41, 5.74) is 0.832. The second-order valence-corrected chi connectivity index (χ2v) is 5.45. The summed E-state index contributed by atoms with van der Waals surface area (Å²) >= 11 is 0. The molecule has 0 fully saturated rings. The number of rotatable bonds is 8. The van der Waals surface area contributed by atoms with E-state index < -0.39 is 30.3 Å². The largest absolute Gasteiger partial charge is 0.508 e.